The van der Waals surface area contributed by atoms with Crippen molar-refractivity contribution in [2.24, 2.45) is 27.2 Å². The summed E-state index contributed by atoms with van der Waals surface area (Å²) in [5.41, 5.74) is 1.80. The van der Waals surface area contributed by atoms with Gasteiger partial charge < -0.3 is 9.47 Å². The van der Waals surface area contributed by atoms with Crippen LogP contribution in [0.25, 0.3) is 0 Å². The van der Waals surface area contributed by atoms with E-state index >= 15 is 0 Å². The van der Waals surface area contributed by atoms with Crippen LogP contribution in [0.3, 0.4) is 0 Å². The van der Waals surface area contributed by atoms with Crippen molar-refractivity contribution in [3.8, 4) is 0 Å². The monoisotopic (exact) mass is 472 g/mol. The molecule has 0 aromatic carbocycles. The highest BCUT2D eigenvalue weighted by Gasteiger charge is 2.18. The topological polar surface area (TPSA) is 30.8 Å². The minimum absolute atomic E-state index is 0. The zero-order valence-electron chi connectivity index (χ0n) is 23.9. The lowest BCUT2D eigenvalue weighted by Crippen LogP contribution is -2.27. The summed E-state index contributed by atoms with van der Waals surface area (Å²) in [7, 11) is 3.24. The molecule has 3 heteroatoms. The van der Waals surface area contributed by atoms with Gasteiger partial charge in [-0.2, -0.15) is 0 Å². The average Bonchev–Trinajstić information content (AvgIpc) is 2.49. The molecular formula is C30H65NO2. The van der Waals surface area contributed by atoms with Gasteiger partial charge in [0.1, 0.15) is 0 Å². The molecule has 202 valence electrons. The van der Waals surface area contributed by atoms with Gasteiger partial charge in [0.05, 0.1) is 11.3 Å². The molecule has 1 atom stereocenters. The van der Waals surface area contributed by atoms with Crippen LogP contribution in [-0.2, 0) is 9.47 Å². The average molecular weight is 472 g/mol. The molecule has 0 aromatic heterocycles. The molecule has 33 heavy (non-hydrogen) atoms. The van der Waals surface area contributed by atoms with Gasteiger partial charge in [-0.3, -0.25) is 4.99 Å². The minimum Gasteiger partial charge on any atom is -0.350 e. The Balaban J connectivity index is -0.000000244. The molecule has 1 unspecified atom stereocenters. The Morgan fingerprint density at radius 2 is 1.24 bits per heavy atom. The van der Waals surface area contributed by atoms with Gasteiger partial charge in [-0.15, -0.1) is 0 Å². The molecule has 0 N–H and O–H groups in total. The second-order valence-corrected chi connectivity index (χ2v) is 13.5. The second-order valence-electron chi connectivity index (χ2n) is 13.5. The Labute approximate surface area is 211 Å². The SMILES string of the molecule is C.C.CC(CCCC(C)(C)C)CC(C)(C)C.COC(OC)C(/C=C\C(C)(C)C)=NC(C)(C)C. The smallest absolute Gasteiger partial charge is 0.200 e. The number of rotatable bonds is 8. The van der Waals surface area contributed by atoms with Crippen molar-refractivity contribution in [1.29, 1.82) is 0 Å². The molecule has 0 saturated carbocycles. The number of allylic oxidation sites excluding steroid dienone is 1. The molecule has 0 bridgehead atoms. The number of ether oxygens (including phenoxy) is 2. The van der Waals surface area contributed by atoms with E-state index in [9.17, 15) is 0 Å². The Bertz CT molecular complexity index is 515. The molecule has 0 aliphatic heterocycles. The van der Waals surface area contributed by atoms with Crippen molar-refractivity contribution < 1.29 is 9.47 Å². The predicted molar refractivity (Wildman–Crippen MR) is 154 cm³/mol. The summed E-state index contributed by atoms with van der Waals surface area (Å²) in [5.74, 6) is 0.886. The number of methoxy groups -OCH3 is 2. The highest BCUT2D eigenvalue weighted by molar-refractivity contribution is 5.98. The van der Waals surface area contributed by atoms with E-state index in [4.69, 9.17) is 9.47 Å². The standard InChI is InChI=1S/C14H27NO2.C14H30.2CH4/c1-13(2,3)10-9-11(12(16-7)17-8)15-14(4,5)6;1-12(11-14(5,6)7)9-8-10-13(2,3)4;;/h9-10,12H,1-8H3;12H,8-11H2,1-7H3;2*1H4/b10-9-,15-11?;;;. The van der Waals surface area contributed by atoms with Gasteiger partial charge in [-0.05, 0) is 61.9 Å². The summed E-state index contributed by atoms with van der Waals surface area (Å²) < 4.78 is 10.5. The third-order valence-corrected chi connectivity index (χ3v) is 4.47. The lowest BCUT2D eigenvalue weighted by atomic mass is 9.82. The van der Waals surface area contributed by atoms with Crippen LogP contribution in [0.4, 0.5) is 0 Å². The van der Waals surface area contributed by atoms with E-state index in [1.165, 1.54) is 25.7 Å². The van der Waals surface area contributed by atoms with Gasteiger partial charge in [-0.1, -0.05) is 103 Å². The maximum Gasteiger partial charge on any atom is 0.200 e. The molecule has 0 aliphatic rings. The summed E-state index contributed by atoms with van der Waals surface area (Å²) in [4.78, 5) is 4.63. The molecule has 0 fully saturated rings. The minimum atomic E-state index is -0.409. The molecule has 0 radical (unpaired) electrons. The van der Waals surface area contributed by atoms with Gasteiger partial charge in [0.2, 0.25) is 0 Å². The molecule has 0 aromatic rings. The summed E-state index contributed by atoms with van der Waals surface area (Å²) in [6.07, 6.45) is 9.20. The van der Waals surface area contributed by atoms with Gasteiger partial charge in [0.25, 0.3) is 0 Å². The number of hydrogen-bond donors (Lipinski definition) is 0. The van der Waals surface area contributed by atoms with Crippen molar-refractivity contribution >= 4 is 5.71 Å². The molecule has 0 aliphatic carbocycles. The highest BCUT2D eigenvalue weighted by atomic mass is 16.7. The first kappa shape index (κ1) is 39.5. The van der Waals surface area contributed by atoms with Crippen LogP contribution in [0.2, 0.25) is 0 Å². The Hall–Kier alpha value is -0.670. The van der Waals surface area contributed by atoms with Crippen molar-refractivity contribution in [1.82, 2.24) is 0 Å². The first-order valence-corrected chi connectivity index (χ1v) is 12.0. The zero-order chi connectivity index (χ0) is 25.1. The van der Waals surface area contributed by atoms with E-state index in [0.29, 0.717) is 10.8 Å². The fourth-order valence-corrected chi connectivity index (χ4v) is 3.36. The van der Waals surface area contributed by atoms with Crippen LogP contribution in [-0.4, -0.2) is 31.8 Å². The van der Waals surface area contributed by atoms with E-state index in [1.54, 1.807) is 14.2 Å². The Morgan fingerprint density at radius 1 is 0.788 bits per heavy atom. The molecule has 3 nitrogen and oxygen atoms in total. The van der Waals surface area contributed by atoms with Gasteiger partial charge in [0.15, 0.2) is 6.29 Å². The zero-order valence-corrected chi connectivity index (χ0v) is 23.9. The summed E-state index contributed by atoms with van der Waals surface area (Å²) in [6, 6.07) is 0. The fraction of sp³-hybridized carbons (Fsp3) is 0.900. The fourth-order valence-electron chi connectivity index (χ4n) is 3.36. The lowest BCUT2D eigenvalue weighted by Gasteiger charge is -2.24. The van der Waals surface area contributed by atoms with E-state index in [1.807, 2.05) is 6.08 Å². The quantitative estimate of drug-likeness (QED) is 0.260. The van der Waals surface area contributed by atoms with Crippen LogP contribution in [0.5, 0.6) is 0 Å². The van der Waals surface area contributed by atoms with Crippen LogP contribution in [0.1, 0.15) is 131 Å². The second kappa shape index (κ2) is 16.9. The molecule has 0 amide bonds. The Kier molecular flexibility index (Phi) is 20.2. The first-order valence-electron chi connectivity index (χ1n) is 12.0. The predicted octanol–water partition coefficient (Wildman–Crippen LogP) is 9.99. The first-order chi connectivity index (χ1) is 13.7. The molecule has 0 rings (SSSR count). The van der Waals surface area contributed by atoms with Crippen LogP contribution in [0.15, 0.2) is 17.1 Å². The van der Waals surface area contributed by atoms with Crippen LogP contribution < -0.4 is 0 Å². The van der Waals surface area contributed by atoms with E-state index in [-0.39, 0.29) is 25.8 Å². The van der Waals surface area contributed by atoms with Crippen molar-refractivity contribution in [2.45, 2.75) is 142 Å². The summed E-state index contributed by atoms with van der Waals surface area (Å²) in [5, 5.41) is 0. The third kappa shape index (κ3) is 29.3. The summed E-state index contributed by atoms with van der Waals surface area (Å²) in [6.45, 7) is 29.0. The third-order valence-electron chi connectivity index (χ3n) is 4.47. The van der Waals surface area contributed by atoms with Gasteiger partial charge >= 0.3 is 0 Å². The largest absolute Gasteiger partial charge is 0.350 e. The number of aliphatic imine (C=N–C) groups is 1. The van der Waals surface area contributed by atoms with Crippen molar-refractivity contribution in [3.05, 3.63) is 12.2 Å². The lowest BCUT2D eigenvalue weighted by molar-refractivity contribution is -0.0516. The maximum atomic E-state index is 5.27. The highest BCUT2D eigenvalue weighted by Crippen LogP contribution is 2.29. The normalized spacial score (nSPS) is 14.4. The molecular weight excluding hydrogens is 406 g/mol. The van der Waals surface area contributed by atoms with E-state index in [0.717, 1.165) is 11.6 Å². The molecule has 0 heterocycles. The van der Waals surface area contributed by atoms with Gasteiger partial charge in [-0.25, -0.2) is 0 Å². The van der Waals surface area contributed by atoms with Crippen molar-refractivity contribution in [3.63, 3.8) is 0 Å². The molecule has 0 spiro atoms. The van der Waals surface area contributed by atoms with Gasteiger partial charge in [0, 0.05) is 14.2 Å². The van der Waals surface area contributed by atoms with Crippen LogP contribution in [0, 0.1) is 22.2 Å². The van der Waals surface area contributed by atoms with Crippen molar-refractivity contribution in [2.75, 3.05) is 14.2 Å². The van der Waals surface area contributed by atoms with Crippen LogP contribution >= 0.6 is 0 Å². The van der Waals surface area contributed by atoms with E-state index in [2.05, 4.69) is 101 Å². The Morgan fingerprint density at radius 3 is 1.55 bits per heavy atom. The maximum absolute atomic E-state index is 5.27. The molecule has 0 saturated heterocycles. The number of hydrogen-bond acceptors (Lipinski definition) is 3. The summed E-state index contributed by atoms with van der Waals surface area (Å²) >= 11 is 0. The number of nitrogens with zero attached hydrogens (tertiary/aromatic N) is 1. The van der Waals surface area contributed by atoms with E-state index < -0.39 is 6.29 Å².